The van der Waals surface area contributed by atoms with Gasteiger partial charge in [0.15, 0.2) is 0 Å². The Bertz CT molecular complexity index is 1060. The van der Waals surface area contributed by atoms with E-state index in [2.05, 4.69) is 10.5 Å². The molecule has 1 aliphatic heterocycles. The van der Waals surface area contributed by atoms with Crippen molar-refractivity contribution in [2.75, 3.05) is 13.1 Å². The average molecular weight is 434 g/mol. The van der Waals surface area contributed by atoms with Crippen LogP contribution in [0, 0.1) is 21.8 Å². The summed E-state index contributed by atoms with van der Waals surface area (Å²) in [5.41, 5.74) is 2.77. The summed E-state index contributed by atoms with van der Waals surface area (Å²) >= 11 is 0. The predicted octanol–water partition coefficient (Wildman–Crippen LogP) is 2.28. The molecule has 0 spiro atoms. The van der Waals surface area contributed by atoms with E-state index in [0.717, 1.165) is 12.1 Å². The highest BCUT2D eigenvalue weighted by molar-refractivity contribution is 7.89. The lowest BCUT2D eigenvalue weighted by molar-refractivity contribution is -0.384. The van der Waals surface area contributed by atoms with E-state index >= 15 is 0 Å². The molecule has 0 atom stereocenters. The molecule has 158 valence electrons. The van der Waals surface area contributed by atoms with Gasteiger partial charge in [-0.25, -0.2) is 18.2 Å². The fourth-order valence-corrected chi connectivity index (χ4v) is 4.56. The van der Waals surface area contributed by atoms with E-state index in [0.29, 0.717) is 18.4 Å². The van der Waals surface area contributed by atoms with Crippen molar-refractivity contribution in [3.05, 3.63) is 70.0 Å². The van der Waals surface area contributed by atoms with E-state index in [1.54, 1.807) is 6.07 Å². The first-order chi connectivity index (χ1) is 14.3. The van der Waals surface area contributed by atoms with Gasteiger partial charge >= 0.3 is 0 Å². The molecule has 2 aromatic carbocycles. The number of nitrogens with one attached hydrogen (secondary N) is 1. The van der Waals surface area contributed by atoms with Gasteiger partial charge in [0.25, 0.3) is 5.69 Å². The van der Waals surface area contributed by atoms with Crippen LogP contribution in [0.25, 0.3) is 0 Å². The first-order valence-electron chi connectivity index (χ1n) is 9.10. The first-order valence-corrected chi connectivity index (χ1v) is 10.5. The Labute approximate surface area is 172 Å². The minimum absolute atomic E-state index is 0.00774. The molecule has 11 heteroatoms. The van der Waals surface area contributed by atoms with Crippen molar-refractivity contribution in [1.29, 1.82) is 0 Å². The molecule has 1 heterocycles. The topological polar surface area (TPSA) is 122 Å². The van der Waals surface area contributed by atoms with Crippen LogP contribution < -0.4 is 5.43 Å². The number of amides is 1. The summed E-state index contributed by atoms with van der Waals surface area (Å²) < 4.78 is 39.5. The van der Waals surface area contributed by atoms with E-state index in [1.807, 2.05) is 0 Å². The number of nitro groups is 1. The van der Waals surface area contributed by atoms with Gasteiger partial charge < -0.3 is 0 Å². The van der Waals surface area contributed by atoms with Crippen LogP contribution in [0.1, 0.15) is 18.4 Å². The Balaban J connectivity index is 1.54. The van der Waals surface area contributed by atoms with E-state index in [-0.39, 0.29) is 29.6 Å². The molecule has 1 aliphatic rings. The number of hydrogen-bond acceptors (Lipinski definition) is 6. The van der Waals surface area contributed by atoms with Crippen molar-refractivity contribution in [1.82, 2.24) is 9.73 Å². The molecule has 30 heavy (non-hydrogen) atoms. The molecule has 0 aliphatic carbocycles. The Hall–Kier alpha value is -3.18. The number of nitro benzene ring substituents is 1. The third-order valence-electron chi connectivity index (χ3n) is 4.75. The largest absolute Gasteiger partial charge is 0.273 e. The average Bonchev–Trinajstić information content (AvgIpc) is 2.74. The number of piperidine rings is 1. The molecule has 0 saturated carbocycles. The van der Waals surface area contributed by atoms with Gasteiger partial charge in [0.05, 0.1) is 16.0 Å². The fraction of sp³-hybridized carbons (Fsp3) is 0.263. The van der Waals surface area contributed by atoms with Gasteiger partial charge in [0, 0.05) is 36.7 Å². The van der Waals surface area contributed by atoms with Crippen molar-refractivity contribution in [2.45, 2.75) is 17.7 Å². The summed E-state index contributed by atoms with van der Waals surface area (Å²) in [7, 11) is -3.74. The van der Waals surface area contributed by atoms with Crippen molar-refractivity contribution < 1.29 is 22.5 Å². The molecule has 0 unspecified atom stereocenters. The Morgan fingerprint density at radius 1 is 1.20 bits per heavy atom. The van der Waals surface area contributed by atoms with E-state index < -0.39 is 26.7 Å². The maximum absolute atomic E-state index is 13.0. The van der Waals surface area contributed by atoms with Crippen molar-refractivity contribution in [2.24, 2.45) is 11.0 Å². The molecular weight excluding hydrogens is 415 g/mol. The molecule has 1 N–H and O–H groups in total. The third-order valence-corrected chi connectivity index (χ3v) is 6.66. The number of benzene rings is 2. The number of rotatable bonds is 6. The summed E-state index contributed by atoms with van der Waals surface area (Å²) in [5, 5.41) is 14.6. The lowest BCUT2D eigenvalue weighted by atomic mass is 9.98. The van der Waals surface area contributed by atoms with Crippen LogP contribution in [0.4, 0.5) is 10.1 Å². The number of carbonyl (C=O) groups excluding carboxylic acids is 1. The second-order valence-corrected chi connectivity index (χ2v) is 8.66. The number of halogens is 1. The van der Waals surface area contributed by atoms with Crippen LogP contribution in [0.3, 0.4) is 0 Å². The van der Waals surface area contributed by atoms with Gasteiger partial charge in [-0.3, -0.25) is 14.9 Å². The number of hydrazone groups is 1. The Kier molecular flexibility index (Phi) is 6.53. The van der Waals surface area contributed by atoms with Gasteiger partial charge in [0.1, 0.15) is 5.82 Å². The highest BCUT2D eigenvalue weighted by Crippen LogP contribution is 2.24. The second-order valence-electron chi connectivity index (χ2n) is 6.72. The molecule has 0 radical (unpaired) electrons. The second kappa shape index (κ2) is 9.09. The Morgan fingerprint density at radius 2 is 1.87 bits per heavy atom. The summed E-state index contributed by atoms with van der Waals surface area (Å²) in [6.07, 6.45) is 1.94. The molecular formula is C19H19FN4O5S. The van der Waals surface area contributed by atoms with Crippen LogP contribution in [-0.2, 0) is 14.8 Å². The van der Waals surface area contributed by atoms with Crippen LogP contribution >= 0.6 is 0 Å². The first kappa shape index (κ1) is 21.5. The zero-order chi connectivity index (χ0) is 21.7. The van der Waals surface area contributed by atoms with Crippen LogP contribution in [0.2, 0.25) is 0 Å². The number of nitrogens with zero attached hydrogens (tertiary/aromatic N) is 3. The maximum atomic E-state index is 13.0. The summed E-state index contributed by atoms with van der Waals surface area (Å²) in [5.74, 6) is -1.28. The lowest BCUT2D eigenvalue weighted by Crippen LogP contribution is -2.42. The SMILES string of the molecule is O=C(N/N=C\c1cccc([N+](=O)[O-])c1)C1CCN(S(=O)(=O)c2ccc(F)cc2)CC1. The molecule has 9 nitrogen and oxygen atoms in total. The van der Waals surface area contributed by atoms with Gasteiger partial charge in [-0.2, -0.15) is 9.41 Å². The Morgan fingerprint density at radius 3 is 2.50 bits per heavy atom. The van der Waals surface area contributed by atoms with E-state index in [1.165, 1.54) is 40.9 Å². The highest BCUT2D eigenvalue weighted by atomic mass is 32.2. The fourth-order valence-electron chi connectivity index (χ4n) is 3.09. The van der Waals surface area contributed by atoms with Crippen LogP contribution in [0.5, 0.6) is 0 Å². The zero-order valence-corrected chi connectivity index (χ0v) is 16.6. The molecule has 1 saturated heterocycles. The predicted molar refractivity (Wildman–Crippen MR) is 107 cm³/mol. The molecule has 2 aromatic rings. The molecule has 0 bridgehead atoms. The van der Waals surface area contributed by atoms with Crippen molar-refractivity contribution in [3.8, 4) is 0 Å². The van der Waals surface area contributed by atoms with E-state index in [4.69, 9.17) is 0 Å². The molecule has 1 fully saturated rings. The van der Waals surface area contributed by atoms with Gasteiger partial charge in [-0.15, -0.1) is 0 Å². The van der Waals surface area contributed by atoms with Gasteiger partial charge in [0.2, 0.25) is 15.9 Å². The van der Waals surface area contributed by atoms with Crippen molar-refractivity contribution in [3.63, 3.8) is 0 Å². The van der Waals surface area contributed by atoms with Crippen LogP contribution in [-0.4, -0.2) is 42.9 Å². The standard InChI is InChI=1S/C19H19FN4O5S/c20-16-4-6-18(7-5-16)30(28,29)23-10-8-15(9-11-23)19(25)22-21-13-14-2-1-3-17(12-14)24(26)27/h1-7,12-13,15H,8-11H2,(H,22,25)/b21-13-. The number of sulfonamides is 1. The summed E-state index contributed by atoms with van der Waals surface area (Å²) in [6, 6.07) is 10.4. The number of non-ortho nitro benzene ring substituents is 1. The normalized spacial score (nSPS) is 15.9. The summed E-state index contributed by atoms with van der Waals surface area (Å²) in [4.78, 5) is 22.5. The molecule has 3 rings (SSSR count). The maximum Gasteiger partial charge on any atom is 0.270 e. The number of carbonyl (C=O) groups is 1. The monoisotopic (exact) mass is 434 g/mol. The quantitative estimate of drug-likeness (QED) is 0.425. The van der Waals surface area contributed by atoms with Crippen molar-refractivity contribution >= 4 is 27.8 Å². The minimum Gasteiger partial charge on any atom is -0.273 e. The van der Waals surface area contributed by atoms with E-state index in [9.17, 15) is 27.7 Å². The highest BCUT2D eigenvalue weighted by Gasteiger charge is 2.32. The summed E-state index contributed by atoms with van der Waals surface area (Å²) in [6.45, 7) is 0.318. The zero-order valence-electron chi connectivity index (χ0n) is 15.8. The van der Waals surface area contributed by atoms with Gasteiger partial charge in [-0.05, 0) is 37.1 Å². The van der Waals surface area contributed by atoms with Gasteiger partial charge in [-0.1, -0.05) is 12.1 Å². The molecule has 1 amide bonds. The van der Waals surface area contributed by atoms with Crippen LogP contribution in [0.15, 0.2) is 58.5 Å². The lowest BCUT2D eigenvalue weighted by Gasteiger charge is -2.30. The number of hydrogen-bond donors (Lipinski definition) is 1. The minimum atomic E-state index is -3.74. The smallest absolute Gasteiger partial charge is 0.270 e. The third kappa shape index (κ3) is 5.05. The molecule has 0 aromatic heterocycles.